The van der Waals surface area contributed by atoms with Crippen molar-refractivity contribution in [1.29, 1.82) is 0 Å². The molecule has 2 aromatic rings. The molecule has 0 spiro atoms. The van der Waals surface area contributed by atoms with Crippen molar-refractivity contribution in [2.24, 2.45) is 0 Å². The molecule has 0 saturated carbocycles. The first-order valence-corrected chi connectivity index (χ1v) is 4.20. The summed E-state index contributed by atoms with van der Waals surface area (Å²) >= 11 is 0. The van der Waals surface area contributed by atoms with Gasteiger partial charge in [0.25, 0.3) is 0 Å². The standard InChI is InChI=1S/C12H7NO/c14-8-2-3-10-5-6-12-11(9-10)4-1-7-13-12/h1,4-9H. The minimum Gasteiger partial charge on any atom is -0.289 e. The Balaban J connectivity index is 2.56. The van der Waals surface area contributed by atoms with Gasteiger partial charge in [0.2, 0.25) is 0 Å². The average molecular weight is 181 g/mol. The zero-order chi connectivity index (χ0) is 9.80. The highest BCUT2D eigenvalue weighted by atomic mass is 16.1. The molecule has 0 aliphatic rings. The minimum atomic E-state index is 0.591. The lowest BCUT2D eigenvalue weighted by Gasteiger charge is -1.95. The van der Waals surface area contributed by atoms with Gasteiger partial charge >= 0.3 is 0 Å². The number of hydrogen-bond donors (Lipinski definition) is 0. The van der Waals surface area contributed by atoms with Crippen LogP contribution in [-0.2, 0) is 4.79 Å². The highest BCUT2D eigenvalue weighted by molar-refractivity contribution is 5.81. The third-order valence-corrected chi connectivity index (χ3v) is 1.88. The van der Waals surface area contributed by atoms with Crippen LogP contribution in [-0.4, -0.2) is 11.3 Å². The molecule has 1 aromatic heterocycles. The molecule has 0 saturated heterocycles. The number of aldehydes is 1. The molecule has 1 heterocycles. The maximum atomic E-state index is 10.1. The van der Waals surface area contributed by atoms with E-state index in [9.17, 15) is 4.79 Å². The van der Waals surface area contributed by atoms with E-state index in [-0.39, 0.29) is 0 Å². The zero-order valence-electron chi connectivity index (χ0n) is 7.40. The fourth-order valence-electron chi connectivity index (χ4n) is 1.27. The Morgan fingerprint density at radius 3 is 3.07 bits per heavy atom. The van der Waals surface area contributed by atoms with E-state index in [0.29, 0.717) is 6.29 Å². The topological polar surface area (TPSA) is 30.0 Å². The number of fused-ring (bicyclic) bond motifs is 1. The first-order valence-electron chi connectivity index (χ1n) is 4.20. The molecule has 0 unspecified atom stereocenters. The Morgan fingerprint density at radius 1 is 1.29 bits per heavy atom. The summed E-state index contributed by atoms with van der Waals surface area (Å²) in [6.07, 6.45) is 2.34. The van der Waals surface area contributed by atoms with Crippen LogP contribution < -0.4 is 0 Å². The molecule has 0 bridgehead atoms. The molecule has 2 heteroatoms. The van der Waals surface area contributed by atoms with Crippen LogP contribution in [0.5, 0.6) is 0 Å². The van der Waals surface area contributed by atoms with Crippen LogP contribution in [0.25, 0.3) is 10.9 Å². The number of aromatic nitrogens is 1. The third kappa shape index (κ3) is 1.62. The van der Waals surface area contributed by atoms with Gasteiger partial charge in [0.15, 0.2) is 6.29 Å². The van der Waals surface area contributed by atoms with Crippen LogP contribution in [0.3, 0.4) is 0 Å². The number of carbonyl (C=O) groups excluding carboxylic acids is 1. The lowest BCUT2D eigenvalue weighted by molar-refractivity contribution is -0.103. The summed E-state index contributed by atoms with van der Waals surface area (Å²) in [6, 6.07) is 9.50. The van der Waals surface area contributed by atoms with Crippen molar-refractivity contribution < 1.29 is 4.79 Å². The largest absolute Gasteiger partial charge is 0.289 e. The Morgan fingerprint density at radius 2 is 2.21 bits per heavy atom. The van der Waals surface area contributed by atoms with Crippen molar-refractivity contribution in [3.8, 4) is 11.8 Å². The van der Waals surface area contributed by atoms with Gasteiger partial charge in [0, 0.05) is 17.1 Å². The van der Waals surface area contributed by atoms with Gasteiger partial charge in [-0.05, 0) is 30.2 Å². The van der Waals surface area contributed by atoms with Crippen LogP contribution in [0.4, 0.5) is 0 Å². The highest BCUT2D eigenvalue weighted by Crippen LogP contribution is 2.12. The van der Waals surface area contributed by atoms with Crippen molar-refractivity contribution in [3.05, 3.63) is 42.1 Å². The Labute approximate surface area is 81.6 Å². The van der Waals surface area contributed by atoms with Gasteiger partial charge in [-0.25, -0.2) is 0 Å². The summed E-state index contributed by atoms with van der Waals surface area (Å²) in [5.41, 5.74) is 1.77. The second-order valence-electron chi connectivity index (χ2n) is 2.80. The second-order valence-corrected chi connectivity index (χ2v) is 2.80. The molecule has 0 fully saturated rings. The number of nitrogens with zero attached hydrogens (tertiary/aromatic N) is 1. The first-order chi connectivity index (χ1) is 6.90. The number of hydrogen-bond acceptors (Lipinski definition) is 2. The summed E-state index contributed by atoms with van der Waals surface area (Å²) in [7, 11) is 0. The minimum absolute atomic E-state index is 0.591. The van der Waals surface area contributed by atoms with Crippen molar-refractivity contribution in [2.75, 3.05) is 0 Å². The molecule has 0 amide bonds. The third-order valence-electron chi connectivity index (χ3n) is 1.88. The number of rotatable bonds is 0. The molecule has 0 N–H and O–H groups in total. The molecule has 0 radical (unpaired) electrons. The smallest absolute Gasteiger partial charge is 0.193 e. The number of benzene rings is 1. The molecule has 66 valence electrons. The monoisotopic (exact) mass is 181 g/mol. The van der Waals surface area contributed by atoms with Gasteiger partial charge in [-0.3, -0.25) is 9.78 Å². The van der Waals surface area contributed by atoms with E-state index in [1.54, 1.807) is 6.20 Å². The van der Waals surface area contributed by atoms with E-state index in [0.717, 1.165) is 16.5 Å². The van der Waals surface area contributed by atoms with Gasteiger partial charge in [-0.2, -0.15) is 0 Å². The van der Waals surface area contributed by atoms with E-state index in [2.05, 4.69) is 16.8 Å². The van der Waals surface area contributed by atoms with E-state index < -0.39 is 0 Å². The average Bonchev–Trinajstić information content (AvgIpc) is 2.26. The molecule has 2 nitrogen and oxygen atoms in total. The Kier molecular flexibility index (Phi) is 2.24. The summed E-state index contributed by atoms with van der Waals surface area (Å²) in [5.74, 6) is 5.12. The summed E-state index contributed by atoms with van der Waals surface area (Å²) in [4.78, 5) is 14.2. The second kappa shape index (κ2) is 3.71. The zero-order valence-corrected chi connectivity index (χ0v) is 7.40. The van der Waals surface area contributed by atoms with Gasteiger partial charge in [0.05, 0.1) is 5.52 Å². The molecule has 0 aliphatic heterocycles. The van der Waals surface area contributed by atoms with Crippen molar-refractivity contribution >= 4 is 17.2 Å². The Bertz CT molecular complexity index is 535. The van der Waals surface area contributed by atoms with Gasteiger partial charge in [-0.15, -0.1) is 0 Å². The van der Waals surface area contributed by atoms with E-state index >= 15 is 0 Å². The molecular formula is C12H7NO. The van der Waals surface area contributed by atoms with Crippen molar-refractivity contribution in [2.45, 2.75) is 0 Å². The molecule has 0 atom stereocenters. The predicted molar refractivity (Wildman–Crippen MR) is 54.7 cm³/mol. The lowest BCUT2D eigenvalue weighted by atomic mass is 10.1. The Hall–Kier alpha value is -2.14. The number of carbonyl (C=O) groups is 1. The fraction of sp³-hybridized carbons (Fsp3) is 0. The van der Waals surface area contributed by atoms with Crippen molar-refractivity contribution in [3.63, 3.8) is 0 Å². The van der Waals surface area contributed by atoms with Crippen LogP contribution in [0.2, 0.25) is 0 Å². The van der Waals surface area contributed by atoms with Crippen LogP contribution in [0.1, 0.15) is 5.56 Å². The molecular weight excluding hydrogens is 174 g/mol. The quantitative estimate of drug-likeness (QED) is 0.458. The first kappa shape index (κ1) is 8.46. The van der Waals surface area contributed by atoms with Gasteiger partial charge in [-0.1, -0.05) is 12.0 Å². The maximum absolute atomic E-state index is 10.1. The normalized spacial score (nSPS) is 9.14. The molecule has 2 rings (SSSR count). The molecule has 0 aliphatic carbocycles. The van der Waals surface area contributed by atoms with E-state index in [4.69, 9.17) is 0 Å². The lowest BCUT2D eigenvalue weighted by Crippen LogP contribution is -1.79. The SMILES string of the molecule is O=CC#Cc1ccc2ncccc2c1. The maximum Gasteiger partial charge on any atom is 0.193 e. The number of pyridine rings is 1. The van der Waals surface area contributed by atoms with E-state index in [1.807, 2.05) is 30.3 Å². The van der Waals surface area contributed by atoms with Crippen LogP contribution >= 0.6 is 0 Å². The van der Waals surface area contributed by atoms with E-state index in [1.165, 1.54) is 0 Å². The van der Waals surface area contributed by atoms with Crippen LogP contribution in [0, 0.1) is 11.8 Å². The summed E-state index contributed by atoms with van der Waals surface area (Å²) in [5, 5.41) is 1.03. The highest BCUT2D eigenvalue weighted by Gasteiger charge is 1.93. The van der Waals surface area contributed by atoms with Crippen molar-refractivity contribution in [1.82, 2.24) is 4.98 Å². The summed E-state index contributed by atoms with van der Waals surface area (Å²) in [6.45, 7) is 0. The fourth-order valence-corrected chi connectivity index (χ4v) is 1.27. The van der Waals surface area contributed by atoms with Gasteiger partial charge < -0.3 is 0 Å². The van der Waals surface area contributed by atoms with Gasteiger partial charge in [0.1, 0.15) is 0 Å². The molecule has 14 heavy (non-hydrogen) atoms. The molecule has 1 aromatic carbocycles. The van der Waals surface area contributed by atoms with Crippen LogP contribution in [0.15, 0.2) is 36.5 Å². The predicted octanol–water partition coefficient (Wildman–Crippen LogP) is 1.79. The summed E-state index contributed by atoms with van der Waals surface area (Å²) < 4.78 is 0.